The minimum Gasteiger partial charge on any atom is -0.329 e. The predicted octanol–water partition coefficient (Wildman–Crippen LogP) is 4.44. The Morgan fingerprint density at radius 3 is 2.64 bits per heavy atom. The zero-order valence-corrected chi connectivity index (χ0v) is 18.1. The van der Waals surface area contributed by atoms with Crippen LogP contribution >= 0.6 is 0 Å². The molecular formula is C25H20N6O2. The minimum atomic E-state index is -0.329. The number of anilines is 1. The summed E-state index contributed by atoms with van der Waals surface area (Å²) in [6.07, 6.45) is 9.41. The highest BCUT2D eigenvalue weighted by atomic mass is 16.1. The van der Waals surface area contributed by atoms with Crippen LogP contribution in [0.4, 0.5) is 5.69 Å². The molecule has 0 aliphatic heterocycles. The van der Waals surface area contributed by atoms with Gasteiger partial charge in [0.2, 0.25) is 0 Å². The van der Waals surface area contributed by atoms with E-state index in [2.05, 4.69) is 25.3 Å². The fourth-order valence-electron chi connectivity index (χ4n) is 3.75. The monoisotopic (exact) mass is 436 g/mol. The van der Waals surface area contributed by atoms with Gasteiger partial charge in [0.25, 0.3) is 5.91 Å². The number of nitrogens with one attached hydrogen (secondary N) is 1. The number of aromatic nitrogens is 5. The molecule has 0 saturated heterocycles. The molecule has 0 spiro atoms. The lowest BCUT2D eigenvalue weighted by atomic mass is 10.1. The van der Waals surface area contributed by atoms with E-state index in [1.165, 1.54) is 24.9 Å². The van der Waals surface area contributed by atoms with Crippen molar-refractivity contribution in [3.8, 4) is 0 Å². The van der Waals surface area contributed by atoms with E-state index in [4.69, 9.17) is 0 Å². The highest BCUT2D eigenvalue weighted by Crippen LogP contribution is 2.25. The first kappa shape index (κ1) is 20.4. The molecule has 1 amide bonds. The molecule has 8 nitrogen and oxygen atoms in total. The number of hydrogen-bond donors (Lipinski definition) is 1. The van der Waals surface area contributed by atoms with Gasteiger partial charge in [-0.15, -0.1) is 0 Å². The average molecular weight is 436 g/mol. The van der Waals surface area contributed by atoms with Crippen LogP contribution in [0.15, 0.2) is 73.7 Å². The number of rotatable bonds is 5. The lowest BCUT2D eigenvalue weighted by Gasteiger charge is -2.07. The lowest BCUT2D eigenvalue weighted by Crippen LogP contribution is -2.13. The Labute approximate surface area is 189 Å². The average Bonchev–Trinajstić information content (AvgIpc) is 3.23. The molecule has 5 rings (SSSR count). The summed E-state index contributed by atoms with van der Waals surface area (Å²) in [4.78, 5) is 43.0. The van der Waals surface area contributed by atoms with Crippen molar-refractivity contribution >= 4 is 39.3 Å². The maximum Gasteiger partial charge on any atom is 0.257 e. The minimum absolute atomic E-state index is 0.128. The molecule has 4 aromatic heterocycles. The van der Waals surface area contributed by atoms with Gasteiger partial charge in [0.05, 0.1) is 28.5 Å². The summed E-state index contributed by atoms with van der Waals surface area (Å²) in [5, 5.41) is 4.35. The molecule has 4 heterocycles. The largest absolute Gasteiger partial charge is 0.329 e. The Morgan fingerprint density at radius 1 is 0.939 bits per heavy atom. The van der Waals surface area contributed by atoms with E-state index in [-0.39, 0.29) is 17.7 Å². The van der Waals surface area contributed by atoms with Crippen molar-refractivity contribution in [1.82, 2.24) is 24.5 Å². The Morgan fingerprint density at radius 2 is 1.79 bits per heavy atom. The van der Waals surface area contributed by atoms with Crippen LogP contribution in [-0.2, 0) is 0 Å². The third-order valence-corrected chi connectivity index (χ3v) is 5.41. The third kappa shape index (κ3) is 3.82. The number of carbonyl (C=O) groups excluding carboxylic acids is 2. The van der Waals surface area contributed by atoms with Crippen molar-refractivity contribution in [3.05, 3.63) is 90.4 Å². The second-order valence-electron chi connectivity index (χ2n) is 7.97. The molecule has 33 heavy (non-hydrogen) atoms. The first-order valence-electron chi connectivity index (χ1n) is 10.5. The van der Waals surface area contributed by atoms with Gasteiger partial charge in [-0.05, 0) is 32.0 Å². The van der Waals surface area contributed by atoms with Crippen LogP contribution < -0.4 is 5.32 Å². The Hall–Kier alpha value is -4.46. The summed E-state index contributed by atoms with van der Waals surface area (Å²) < 4.78 is 1.94. The van der Waals surface area contributed by atoms with E-state index in [1.54, 1.807) is 24.5 Å². The Bertz CT molecular complexity index is 1520. The van der Waals surface area contributed by atoms with Crippen LogP contribution in [0.1, 0.15) is 46.2 Å². The summed E-state index contributed by atoms with van der Waals surface area (Å²) in [5.41, 5.74) is 3.20. The van der Waals surface area contributed by atoms with Crippen molar-refractivity contribution in [1.29, 1.82) is 0 Å². The van der Waals surface area contributed by atoms with Crippen LogP contribution in [0.3, 0.4) is 0 Å². The van der Waals surface area contributed by atoms with Gasteiger partial charge in [0, 0.05) is 47.2 Å². The number of amides is 1. The van der Waals surface area contributed by atoms with Gasteiger partial charge in [0.15, 0.2) is 5.78 Å². The molecule has 0 fully saturated rings. The van der Waals surface area contributed by atoms with Gasteiger partial charge in [0.1, 0.15) is 12.0 Å². The molecule has 0 aliphatic rings. The number of fused-ring (bicyclic) bond motifs is 2. The van der Waals surface area contributed by atoms with Crippen LogP contribution in [0.2, 0.25) is 0 Å². The Kier molecular flexibility index (Phi) is 5.10. The van der Waals surface area contributed by atoms with E-state index in [9.17, 15) is 9.59 Å². The van der Waals surface area contributed by atoms with E-state index >= 15 is 0 Å². The van der Waals surface area contributed by atoms with E-state index in [1.807, 2.05) is 42.7 Å². The highest BCUT2D eigenvalue weighted by molar-refractivity contribution is 6.16. The van der Waals surface area contributed by atoms with Crippen LogP contribution in [-0.4, -0.2) is 36.2 Å². The maximum atomic E-state index is 13.3. The van der Waals surface area contributed by atoms with Crippen molar-refractivity contribution < 1.29 is 9.59 Å². The number of nitrogens with zero attached hydrogens (tertiary/aromatic N) is 5. The van der Waals surface area contributed by atoms with Crippen molar-refractivity contribution in [2.75, 3.05) is 5.32 Å². The molecule has 0 saturated carbocycles. The summed E-state index contributed by atoms with van der Waals surface area (Å²) in [6.45, 7) is 4.05. The first-order chi connectivity index (χ1) is 16.0. The SMILES string of the molecule is CC(C)n1cc(C(=O)c2cncc(NC(=O)c3cnc4ccccc4c3)c2)c2cncnc21. The maximum absolute atomic E-state index is 13.3. The van der Waals surface area contributed by atoms with Gasteiger partial charge in [-0.25, -0.2) is 9.97 Å². The van der Waals surface area contributed by atoms with Crippen molar-refractivity contribution in [2.45, 2.75) is 19.9 Å². The lowest BCUT2D eigenvalue weighted by molar-refractivity contribution is 0.102. The summed E-state index contributed by atoms with van der Waals surface area (Å²) in [7, 11) is 0. The summed E-state index contributed by atoms with van der Waals surface area (Å²) >= 11 is 0. The number of ketones is 1. The molecule has 1 aromatic carbocycles. The molecule has 0 unspecified atom stereocenters. The molecule has 0 radical (unpaired) electrons. The van der Waals surface area contributed by atoms with E-state index < -0.39 is 0 Å². The molecule has 1 N–H and O–H groups in total. The topological polar surface area (TPSA) is 103 Å². The standard InChI is InChI=1S/C25H20N6O2/c1-15(2)31-13-21(20-12-27-14-29-24(20)31)23(32)17-8-19(11-26-9-17)30-25(33)18-7-16-5-3-4-6-22(16)28-10-18/h3-15H,1-2H3,(H,30,33). The summed E-state index contributed by atoms with van der Waals surface area (Å²) in [5.74, 6) is -0.547. The van der Waals surface area contributed by atoms with E-state index in [0.29, 0.717) is 33.4 Å². The molecule has 0 bridgehead atoms. The molecule has 8 heteroatoms. The smallest absolute Gasteiger partial charge is 0.257 e. The van der Waals surface area contributed by atoms with Gasteiger partial charge in [-0.1, -0.05) is 18.2 Å². The molecule has 5 aromatic rings. The summed E-state index contributed by atoms with van der Waals surface area (Å²) in [6, 6.07) is 11.1. The quantitative estimate of drug-likeness (QED) is 0.409. The highest BCUT2D eigenvalue weighted by Gasteiger charge is 2.20. The first-order valence-corrected chi connectivity index (χ1v) is 10.5. The number of pyridine rings is 2. The molecule has 0 aliphatic carbocycles. The van der Waals surface area contributed by atoms with Crippen LogP contribution in [0, 0.1) is 0 Å². The Balaban J connectivity index is 1.44. The fraction of sp³-hybridized carbons (Fsp3) is 0.120. The zero-order chi connectivity index (χ0) is 22.9. The van der Waals surface area contributed by atoms with Gasteiger partial charge in [-0.2, -0.15) is 0 Å². The predicted molar refractivity (Wildman–Crippen MR) is 125 cm³/mol. The fourth-order valence-corrected chi connectivity index (χ4v) is 3.75. The molecule has 0 atom stereocenters. The van der Waals surface area contributed by atoms with Crippen molar-refractivity contribution in [2.24, 2.45) is 0 Å². The normalized spacial score (nSPS) is 11.2. The second-order valence-corrected chi connectivity index (χ2v) is 7.97. The third-order valence-electron chi connectivity index (χ3n) is 5.41. The van der Waals surface area contributed by atoms with Gasteiger partial charge >= 0.3 is 0 Å². The molecular weight excluding hydrogens is 416 g/mol. The molecule has 162 valence electrons. The van der Waals surface area contributed by atoms with Gasteiger partial charge in [-0.3, -0.25) is 19.6 Å². The van der Waals surface area contributed by atoms with Gasteiger partial charge < -0.3 is 9.88 Å². The zero-order valence-electron chi connectivity index (χ0n) is 18.1. The van der Waals surface area contributed by atoms with Crippen molar-refractivity contribution in [3.63, 3.8) is 0 Å². The second kappa shape index (κ2) is 8.23. The number of carbonyl (C=O) groups is 2. The van der Waals surface area contributed by atoms with Crippen LogP contribution in [0.5, 0.6) is 0 Å². The van der Waals surface area contributed by atoms with E-state index in [0.717, 1.165) is 10.9 Å². The number of benzene rings is 1. The van der Waals surface area contributed by atoms with Crippen LogP contribution in [0.25, 0.3) is 21.9 Å². The number of hydrogen-bond acceptors (Lipinski definition) is 6. The number of para-hydroxylation sites is 1.